The van der Waals surface area contributed by atoms with Crippen LogP contribution < -0.4 is 10.6 Å². The Labute approximate surface area is 207 Å². The lowest BCUT2D eigenvalue weighted by Crippen LogP contribution is -2.29. The van der Waals surface area contributed by atoms with Gasteiger partial charge in [0, 0.05) is 36.4 Å². The van der Waals surface area contributed by atoms with Crippen LogP contribution in [0.2, 0.25) is 0 Å². The summed E-state index contributed by atoms with van der Waals surface area (Å²) in [6, 6.07) is 31.6. The third-order valence-corrected chi connectivity index (χ3v) is 5.76. The summed E-state index contributed by atoms with van der Waals surface area (Å²) in [5.74, 6) is 0.547. The van der Waals surface area contributed by atoms with E-state index in [9.17, 15) is 4.79 Å². The number of aromatic nitrogens is 2. The topological polar surface area (TPSA) is 70.2 Å². The van der Waals surface area contributed by atoms with Gasteiger partial charge in [-0.2, -0.15) is 0 Å². The molecule has 35 heavy (non-hydrogen) atoms. The monoisotopic (exact) mass is 465 g/mol. The third kappa shape index (κ3) is 7.22. The van der Waals surface area contributed by atoms with E-state index in [0.717, 1.165) is 43.0 Å². The Kier molecular flexibility index (Phi) is 8.57. The van der Waals surface area contributed by atoms with Crippen LogP contribution in [-0.2, 0) is 6.54 Å². The molecular weight excluding hydrogens is 434 g/mol. The lowest BCUT2D eigenvalue weighted by atomic mass is 10.1. The normalized spacial score (nSPS) is 10.8. The molecule has 0 saturated heterocycles. The van der Waals surface area contributed by atoms with Crippen LogP contribution in [0.15, 0.2) is 97.1 Å². The van der Waals surface area contributed by atoms with Crippen molar-refractivity contribution >= 4 is 17.4 Å². The number of anilines is 2. The van der Waals surface area contributed by atoms with E-state index in [1.54, 1.807) is 0 Å². The second-order valence-electron chi connectivity index (χ2n) is 8.34. The maximum absolute atomic E-state index is 12.7. The molecule has 6 nitrogen and oxygen atoms in total. The largest absolute Gasteiger partial charge is 0.352 e. The number of hydrogen-bond acceptors (Lipinski definition) is 5. The molecule has 0 aliphatic rings. The highest BCUT2D eigenvalue weighted by Crippen LogP contribution is 2.19. The van der Waals surface area contributed by atoms with Crippen molar-refractivity contribution in [2.24, 2.45) is 0 Å². The molecule has 2 N–H and O–H groups in total. The maximum Gasteiger partial charge on any atom is 0.251 e. The molecule has 0 saturated carbocycles. The fourth-order valence-corrected chi connectivity index (χ4v) is 3.85. The van der Waals surface area contributed by atoms with Crippen molar-refractivity contribution < 1.29 is 4.79 Å². The molecule has 4 aromatic rings. The van der Waals surface area contributed by atoms with Crippen molar-refractivity contribution in [3.05, 3.63) is 108 Å². The number of carbonyl (C=O) groups excluding carboxylic acids is 1. The molecule has 0 unspecified atom stereocenters. The molecule has 1 aromatic heterocycles. The number of nitrogens with one attached hydrogen (secondary N) is 2. The molecule has 1 amide bonds. The molecule has 0 radical (unpaired) electrons. The highest BCUT2D eigenvalue weighted by Gasteiger charge is 2.08. The molecule has 0 atom stereocenters. The summed E-state index contributed by atoms with van der Waals surface area (Å²) >= 11 is 0. The van der Waals surface area contributed by atoms with Crippen molar-refractivity contribution in [2.75, 3.05) is 25.0 Å². The van der Waals surface area contributed by atoms with Gasteiger partial charge in [-0.05, 0) is 48.9 Å². The average Bonchev–Trinajstić information content (AvgIpc) is 2.92. The second-order valence-corrected chi connectivity index (χ2v) is 8.34. The minimum absolute atomic E-state index is 0.0785. The van der Waals surface area contributed by atoms with Crippen molar-refractivity contribution in [1.29, 1.82) is 0 Å². The Balaban J connectivity index is 1.26. The Morgan fingerprint density at radius 3 is 2.34 bits per heavy atom. The molecule has 0 aliphatic heterocycles. The lowest BCUT2D eigenvalue weighted by Gasteiger charge is -2.20. The molecule has 0 fully saturated rings. The van der Waals surface area contributed by atoms with Crippen LogP contribution >= 0.6 is 0 Å². The number of rotatable bonds is 11. The van der Waals surface area contributed by atoms with Crippen LogP contribution in [0.1, 0.15) is 29.3 Å². The zero-order chi connectivity index (χ0) is 24.3. The fourth-order valence-electron chi connectivity index (χ4n) is 3.85. The second kappa shape index (κ2) is 12.4. The van der Waals surface area contributed by atoms with E-state index in [2.05, 4.69) is 56.9 Å². The minimum atomic E-state index is -0.0785. The SMILES string of the molecule is CCN(CCCNC(=O)c1cccc(Nc2ccc(-c3ccccc3)nn2)c1)Cc1ccccc1. The fraction of sp³-hybridized carbons (Fsp3) is 0.207. The standard InChI is InChI=1S/C29H31N5O/c1-2-34(22-23-11-5-3-6-12-23)20-10-19-30-29(35)25-15-9-16-26(21-25)31-28-18-17-27(32-33-28)24-13-7-4-8-14-24/h3-9,11-18,21H,2,10,19-20,22H2,1H3,(H,30,35)(H,31,33). The summed E-state index contributed by atoms with van der Waals surface area (Å²) in [4.78, 5) is 15.1. The first kappa shape index (κ1) is 24.1. The van der Waals surface area contributed by atoms with Crippen LogP contribution in [-0.4, -0.2) is 40.6 Å². The van der Waals surface area contributed by atoms with Crippen LogP contribution in [0.3, 0.4) is 0 Å². The van der Waals surface area contributed by atoms with Gasteiger partial charge in [0.2, 0.25) is 0 Å². The van der Waals surface area contributed by atoms with Gasteiger partial charge >= 0.3 is 0 Å². The number of carbonyl (C=O) groups is 1. The lowest BCUT2D eigenvalue weighted by molar-refractivity contribution is 0.0951. The summed E-state index contributed by atoms with van der Waals surface area (Å²) in [7, 11) is 0. The Bertz CT molecular complexity index is 1200. The van der Waals surface area contributed by atoms with Crippen molar-refractivity contribution in [3.8, 4) is 11.3 Å². The highest BCUT2D eigenvalue weighted by atomic mass is 16.1. The van der Waals surface area contributed by atoms with Gasteiger partial charge in [-0.3, -0.25) is 9.69 Å². The van der Waals surface area contributed by atoms with Gasteiger partial charge in [0.25, 0.3) is 5.91 Å². The van der Waals surface area contributed by atoms with E-state index in [1.807, 2.05) is 72.8 Å². The van der Waals surface area contributed by atoms with Crippen LogP contribution in [0.4, 0.5) is 11.5 Å². The molecule has 3 aromatic carbocycles. The first-order valence-corrected chi connectivity index (χ1v) is 12.0. The Morgan fingerprint density at radius 2 is 1.63 bits per heavy atom. The van der Waals surface area contributed by atoms with Gasteiger partial charge in [0.05, 0.1) is 5.69 Å². The van der Waals surface area contributed by atoms with Gasteiger partial charge < -0.3 is 10.6 Å². The molecular formula is C29H31N5O. The molecule has 1 heterocycles. The zero-order valence-electron chi connectivity index (χ0n) is 20.0. The van der Waals surface area contributed by atoms with Gasteiger partial charge in [0.15, 0.2) is 5.82 Å². The van der Waals surface area contributed by atoms with Gasteiger partial charge in [-0.15, -0.1) is 10.2 Å². The molecule has 0 spiro atoms. The summed E-state index contributed by atoms with van der Waals surface area (Å²) in [5, 5.41) is 14.8. The number of amides is 1. The van der Waals surface area contributed by atoms with E-state index in [1.165, 1.54) is 5.56 Å². The van der Waals surface area contributed by atoms with Crippen LogP contribution in [0.25, 0.3) is 11.3 Å². The van der Waals surface area contributed by atoms with E-state index in [4.69, 9.17) is 0 Å². The van der Waals surface area contributed by atoms with Gasteiger partial charge in [-0.1, -0.05) is 73.7 Å². The molecule has 4 rings (SSSR count). The Hall–Kier alpha value is -4.03. The van der Waals surface area contributed by atoms with E-state index in [-0.39, 0.29) is 5.91 Å². The Morgan fingerprint density at radius 1 is 0.857 bits per heavy atom. The summed E-state index contributed by atoms with van der Waals surface area (Å²) in [6.45, 7) is 5.64. The minimum Gasteiger partial charge on any atom is -0.352 e. The number of hydrogen-bond donors (Lipinski definition) is 2. The molecule has 0 aliphatic carbocycles. The highest BCUT2D eigenvalue weighted by molar-refractivity contribution is 5.95. The quantitative estimate of drug-likeness (QED) is 0.285. The van der Waals surface area contributed by atoms with Gasteiger partial charge in [0.1, 0.15) is 0 Å². The van der Waals surface area contributed by atoms with Crippen LogP contribution in [0, 0.1) is 0 Å². The van der Waals surface area contributed by atoms with Gasteiger partial charge in [-0.25, -0.2) is 0 Å². The molecule has 178 valence electrons. The predicted octanol–water partition coefficient (Wildman–Crippen LogP) is 5.53. The summed E-state index contributed by atoms with van der Waals surface area (Å²) in [6.07, 6.45) is 0.897. The van der Waals surface area contributed by atoms with E-state index in [0.29, 0.717) is 17.9 Å². The molecule has 0 bridgehead atoms. The molecule has 6 heteroatoms. The number of benzene rings is 3. The van der Waals surface area contributed by atoms with E-state index >= 15 is 0 Å². The smallest absolute Gasteiger partial charge is 0.251 e. The maximum atomic E-state index is 12.7. The van der Waals surface area contributed by atoms with Crippen molar-refractivity contribution in [3.63, 3.8) is 0 Å². The predicted molar refractivity (Wildman–Crippen MR) is 142 cm³/mol. The van der Waals surface area contributed by atoms with Crippen LogP contribution in [0.5, 0.6) is 0 Å². The first-order valence-electron chi connectivity index (χ1n) is 12.0. The summed E-state index contributed by atoms with van der Waals surface area (Å²) in [5.41, 5.74) is 4.55. The average molecular weight is 466 g/mol. The number of nitrogens with zero attached hydrogens (tertiary/aromatic N) is 3. The van der Waals surface area contributed by atoms with E-state index < -0.39 is 0 Å². The zero-order valence-corrected chi connectivity index (χ0v) is 20.0. The van der Waals surface area contributed by atoms with Crippen molar-refractivity contribution in [2.45, 2.75) is 19.9 Å². The first-order chi connectivity index (χ1) is 17.2. The summed E-state index contributed by atoms with van der Waals surface area (Å²) < 4.78 is 0. The van der Waals surface area contributed by atoms with Crippen molar-refractivity contribution in [1.82, 2.24) is 20.4 Å². The third-order valence-electron chi connectivity index (χ3n) is 5.76.